The molecule has 5 nitrogen and oxygen atoms in total. The van der Waals surface area contributed by atoms with Crippen LogP contribution in [0.1, 0.15) is 43.2 Å². The molecular formula is C19H28N2O3. The molecule has 5 heteroatoms. The van der Waals surface area contributed by atoms with Crippen molar-refractivity contribution in [1.29, 1.82) is 0 Å². The first kappa shape index (κ1) is 18.5. The van der Waals surface area contributed by atoms with E-state index in [9.17, 15) is 14.7 Å². The summed E-state index contributed by atoms with van der Waals surface area (Å²) < 4.78 is 0. The first-order valence-electron chi connectivity index (χ1n) is 8.63. The van der Waals surface area contributed by atoms with Crippen LogP contribution in [0.3, 0.4) is 0 Å². The van der Waals surface area contributed by atoms with Crippen molar-refractivity contribution in [3.05, 3.63) is 35.4 Å². The molecular weight excluding hydrogens is 304 g/mol. The van der Waals surface area contributed by atoms with E-state index in [0.717, 1.165) is 0 Å². The summed E-state index contributed by atoms with van der Waals surface area (Å²) >= 11 is 0. The summed E-state index contributed by atoms with van der Waals surface area (Å²) in [5.41, 5.74) is 2.36. The van der Waals surface area contributed by atoms with E-state index >= 15 is 0 Å². The average Bonchev–Trinajstić information content (AvgIpc) is 2.55. The maximum atomic E-state index is 12.4. The van der Waals surface area contributed by atoms with Crippen molar-refractivity contribution < 1.29 is 14.7 Å². The second-order valence-electron chi connectivity index (χ2n) is 6.82. The molecule has 1 fully saturated rings. The first-order valence-corrected chi connectivity index (χ1v) is 8.63. The van der Waals surface area contributed by atoms with Gasteiger partial charge < -0.3 is 14.9 Å². The zero-order chi connectivity index (χ0) is 17.7. The van der Waals surface area contributed by atoms with Gasteiger partial charge in [-0.3, -0.25) is 9.59 Å². The Hall–Kier alpha value is -1.88. The van der Waals surface area contributed by atoms with Crippen molar-refractivity contribution in [2.75, 3.05) is 26.7 Å². The first-order chi connectivity index (χ1) is 11.4. The van der Waals surface area contributed by atoms with Gasteiger partial charge >= 0.3 is 0 Å². The Morgan fingerprint density at radius 2 is 1.92 bits per heavy atom. The smallest absolute Gasteiger partial charge is 0.242 e. The normalized spacial score (nSPS) is 16.8. The van der Waals surface area contributed by atoms with Gasteiger partial charge in [0.1, 0.15) is 0 Å². The number of likely N-dealkylation sites (tertiary alicyclic amines) is 1. The highest BCUT2D eigenvalue weighted by atomic mass is 16.3. The second-order valence-corrected chi connectivity index (χ2v) is 6.82. The number of piperidine rings is 1. The topological polar surface area (TPSA) is 60.9 Å². The fraction of sp³-hybridized carbons (Fsp3) is 0.579. The Morgan fingerprint density at radius 3 is 2.54 bits per heavy atom. The molecule has 1 aliphatic rings. The van der Waals surface area contributed by atoms with Gasteiger partial charge in [0, 0.05) is 26.6 Å². The largest absolute Gasteiger partial charge is 0.393 e. The highest BCUT2D eigenvalue weighted by Gasteiger charge is 2.24. The highest BCUT2D eigenvalue weighted by molar-refractivity contribution is 5.85. The summed E-state index contributed by atoms with van der Waals surface area (Å²) in [5.74, 6) is 0.0684. The van der Waals surface area contributed by atoms with E-state index < -0.39 is 0 Å². The number of aryl methyl sites for hydroxylation is 1. The van der Waals surface area contributed by atoms with E-state index in [4.69, 9.17) is 0 Å². The number of likely N-dealkylation sites (N-methyl/N-ethyl adjacent to an activating group) is 1. The Balaban J connectivity index is 1.85. The van der Waals surface area contributed by atoms with Crippen molar-refractivity contribution >= 4 is 11.8 Å². The minimum Gasteiger partial charge on any atom is -0.393 e. The van der Waals surface area contributed by atoms with Crippen molar-refractivity contribution in [3.8, 4) is 0 Å². The van der Waals surface area contributed by atoms with Gasteiger partial charge in [0.25, 0.3) is 0 Å². The van der Waals surface area contributed by atoms with Crippen LogP contribution in [-0.2, 0) is 9.59 Å². The van der Waals surface area contributed by atoms with Crippen molar-refractivity contribution in [2.45, 2.75) is 45.1 Å². The third-order valence-electron chi connectivity index (χ3n) is 4.82. The third-order valence-corrected chi connectivity index (χ3v) is 4.82. The number of hydrogen-bond acceptors (Lipinski definition) is 3. The Morgan fingerprint density at radius 1 is 1.29 bits per heavy atom. The number of nitrogens with zero attached hydrogens (tertiary/aromatic N) is 2. The summed E-state index contributed by atoms with van der Waals surface area (Å²) in [5, 5.41) is 9.51. The van der Waals surface area contributed by atoms with Crippen LogP contribution in [0.4, 0.5) is 0 Å². The minimum absolute atomic E-state index is 0.0175. The Labute approximate surface area is 144 Å². The molecule has 24 heavy (non-hydrogen) atoms. The quantitative estimate of drug-likeness (QED) is 0.896. The molecule has 0 radical (unpaired) electrons. The fourth-order valence-corrected chi connectivity index (χ4v) is 3.17. The van der Waals surface area contributed by atoms with E-state index in [2.05, 4.69) is 6.07 Å². The van der Waals surface area contributed by atoms with Crippen LogP contribution in [-0.4, -0.2) is 59.5 Å². The molecule has 0 aromatic heterocycles. The maximum absolute atomic E-state index is 12.4. The van der Waals surface area contributed by atoms with E-state index in [1.54, 1.807) is 11.9 Å². The van der Waals surface area contributed by atoms with Crippen LogP contribution in [0.5, 0.6) is 0 Å². The van der Waals surface area contributed by atoms with Gasteiger partial charge in [0.05, 0.1) is 12.6 Å². The van der Waals surface area contributed by atoms with Gasteiger partial charge in [0.15, 0.2) is 0 Å². The van der Waals surface area contributed by atoms with Crippen molar-refractivity contribution in [2.24, 2.45) is 0 Å². The summed E-state index contributed by atoms with van der Waals surface area (Å²) in [6.45, 7) is 5.34. The Kier molecular flexibility index (Phi) is 6.37. The summed E-state index contributed by atoms with van der Waals surface area (Å²) in [6, 6.07) is 8.08. The number of aliphatic hydroxyl groups excluding tert-OH is 1. The molecule has 1 aromatic carbocycles. The van der Waals surface area contributed by atoms with Crippen LogP contribution >= 0.6 is 0 Å². The molecule has 2 amide bonds. The molecule has 132 valence electrons. The fourth-order valence-electron chi connectivity index (χ4n) is 3.17. The number of aliphatic hydroxyl groups is 1. The number of hydrogen-bond donors (Lipinski definition) is 1. The average molecular weight is 332 g/mol. The summed E-state index contributed by atoms with van der Waals surface area (Å²) in [6.07, 6.45) is 1.33. The highest BCUT2D eigenvalue weighted by Crippen LogP contribution is 2.23. The molecule has 1 heterocycles. The predicted molar refractivity (Wildman–Crippen MR) is 93.7 cm³/mol. The molecule has 1 N–H and O–H groups in total. The standard InChI is InChI=1S/C19H28N2O3/c1-14-6-4-5-7-17(14)15(2)12-18(23)20(3)13-19(24)21-10-8-16(22)9-11-21/h4-7,15-16,22H,8-13H2,1-3H3. The SMILES string of the molecule is Cc1ccccc1C(C)CC(=O)N(C)CC(=O)N1CCC(O)CC1. The zero-order valence-electron chi connectivity index (χ0n) is 14.9. The van der Waals surface area contributed by atoms with Crippen LogP contribution in [0.2, 0.25) is 0 Å². The molecule has 0 spiro atoms. The molecule has 1 aromatic rings. The van der Waals surface area contributed by atoms with Gasteiger partial charge in [-0.25, -0.2) is 0 Å². The van der Waals surface area contributed by atoms with E-state index in [1.807, 2.05) is 32.0 Å². The van der Waals surface area contributed by atoms with Crippen LogP contribution < -0.4 is 0 Å². The number of carbonyl (C=O) groups is 2. The molecule has 2 rings (SSSR count). The van der Waals surface area contributed by atoms with E-state index in [-0.39, 0.29) is 30.4 Å². The zero-order valence-corrected chi connectivity index (χ0v) is 14.9. The molecule has 0 aliphatic carbocycles. The lowest BCUT2D eigenvalue weighted by Crippen LogP contribution is -2.45. The van der Waals surface area contributed by atoms with Crippen LogP contribution in [0.15, 0.2) is 24.3 Å². The van der Waals surface area contributed by atoms with Gasteiger partial charge in [0.2, 0.25) is 11.8 Å². The maximum Gasteiger partial charge on any atom is 0.242 e. The number of amides is 2. The van der Waals surface area contributed by atoms with Crippen LogP contribution in [0, 0.1) is 6.92 Å². The van der Waals surface area contributed by atoms with Gasteiger partial charge in [-0.1, -0.05) is 31.2 Å². The monoisotopic (exact) mass is 332 g/mol. The lowest BCUT2D eigenvalue weighted by atomic mass is 9.93. The van der Waals surface area contributed by atoms with Crippen molar-refractivity contribution in [3.63, 3.8) is 0 Å². The van der Waals surface area contributed by atoms with Crippen molar-refractivity contribution in [1.82, 2.24) is 9.80 Å². The Bertz CT molecular complexity index is 580. The van der Waals surface area contributed by atoms with E-state index in [1.165, 1.54) is 16.0 Å². The summed E-state index contributed by atoms with van der Waals surface area (Å²) in [7, 11) is 1.68. The lowest BCUT2D eigenvalue weighted by Gasteiger charge is -2.31. The molecule has 1 atom stereocenters. The third kappa shape index (κ3) is 4.81. The van der Waals surface area contributed by atoms with Gasteiger partial charge in [-0.05, 0) is 36.8 Å². The molecule has 0 bridgehead atoms. The van der Waals surface area contributed by atoms with Gasteiger partial charge in [-0.15, -0.1) is 0 Å². The second kappa shape index (κ2) is 8.29. The molecule has 0 saturated carbocycles. The van der Waals surface area contributed by atoms with Crippen LogP contribution in [0.25, 0.3) is 0 Å². The van der Waals surface area contributed by atoms with Gasteiger partial charge in [-0.2, -0.15) is 0 Å². The number of benzene rings is 1. The number of rotatable bonds is 5. The van der Waals surface area contributed by atoms with E-state index in [0.29, 0.717) is 32.4 Å². The molecule has 1 saturated heterocycles. The minimum atomic E-state index is -0.302. The molecule has 1 unspecified atom stereocenters. The lowest BCUT2D eigenvalue weighted by molar-refractivity contribution is -0.140. The molecule has 1 aliphatic heterocycles. The number of carbonyl (C=O) groups excluding carboxylic acids is 2. The summed E-state index contributed by atoms with van der Waals surface area (Å²) in [4.78, 5) is 28.0. The predicted octanol–water partition coefficient (Wildman–Crippen LogP) is 1.93.